The third kappa shape index (κ3) is 0.627. The second-order valence-electron chi connectivity index (χ2n) is 1.42. The quantitative estimate of drug-likeness (QED) is 0.227. The summed E-state index contributed by atoms with van der Waals surface area (Å²) in [5.41, 5.74) is 0. The van der Waals surface area contributed by atoms with Crippen LogP contribution < -0.4 is 11.2 Å². The zero-order valence-electron chi connectivity index (χ0n) is 5.00. The lowest BCUT2D eigenvalue weighted by Gasteiger charge is -1.99. The molecule has 5 heteroatoms. The van der Waals surface area contributed by atoms with E-state index < -0.39 is 11.9 Å². The van der Waals surface area contributed by atoms with Crippen LogP contribution in [0.1, 0.15) is 0 Å². The Morgan fingerprint density at radius 2 is 2.50 bits per heavy atom. The van der Waals surface area contributed by atoms with Crippen molar-refractivity contribution in [2.45, 2.75) is 0 Å². The van der Waals surface area contributed by atoms with Gasteiger partial charge in [0.1, 0.15) is 6.54 Å². The fourth-order valence-electron chi connectivity index (χ4n) is 0.420. The lowest BCUT2D eigenvalue weighted by molar-refractivity contribution is -0.118. The molecule has 0 aromatic heterocycles. The Balaban J connectivity index is 2.77. The number of urea groups is 1. The van der Waals surface area contributed by atoms with Crippen LogP contribution in [0.3, 0.4) is 0 Å². The SMILES string of the molecule is [2H]N1C(=O)CN(N)C1=O. The van der Waals surface area contributed by atoms with Gasteiger partial charge in [-0.15, -0.1) is 0 Å². The molecule has 3 N–H and O–H groups in total. The third-order valence-electron chi connectivity index (χ3n) is 0.772. The molecule has 1 aliphatic heterocycles. The number of hydrazine groups is 1. The molecule has 0 bridgehead atoms. The Morgan fingerprint density at radius 3 is 2.62 bits per heavy atom. The minimum absolute atomic E-state index is 0.192. The third-order valence-corrected chi connectivity index (χ3v) is 0.772. The number of imide groups is 1. The molecule has 8 heavy (non-hydrogen) atoms. The number of rotatable bonds is 0. The van der Waals surface area contributed by atoms with Crippen molar-refractivity contribution in [3.63, 3.8) is 0 Å². The zero-order chi connectivity index (χ0) is 7.02. The molecule has 0 aliphatic carbocycles. The maximum absolute atomic E-state index is 10.4. The molecule has 1 heterocycles. The average Bonchev–Trinajstić information content (AvgIpc) is 1.98. The summed E-state index contributed by atoms with van der Waals surface area (Å²) in [5, 5.41) is 0.926. The Kier molecular flexibility index (Phi) is 0.695. The van der Waals surface area contributed by atoms with Gasteiger partial charge in [0.05, 0.1) is 0 Å². The molecule has 0 aromatic rings. The molecule has 1 aliphatic rings. The highest BCUT2D eigenvalue weighted by Crippen LogP contribution is 1.87. The Labute approximate surface area is 46.9 Å². The average molecular weight is 116 g/mol. The molecule has 0 atom stereocenters. The predicted molar refractivity (Wildman–Crippen MR) is 24.4 cm³/mol. The topological polar surface area (TPSA) is 75.4 Å². The first-order valence-corrected chi connectivity index (χ1v) is 2.01. The zero-order valence-corrected chi connectivity index (χ0v) is 4.00. The van der Waals surface area contributed by atoms with E-state index in [9.17, 15) is 9.59 Å². The molecular formula is C3H5N3O2. The normalized spacial score (nSPS) is 22.4. The summed E-state index contributed by atoms with van der Waals surface area (Å²) in [4.78, 5) is 20.8. The molecule has 0 aromatic carbocycles. The Morgan fingerprint density at radius 1 is 1.88 bits per heavy atom. The monoisotopic (exact) mass is 116 g/mol. The van der Waals surface area contributed by atoms with Crippen molar-refractivity contribution in [1.29, 1.82) is 0 Å². The minimum Gasteiger partial charge on any atom is -0.275 e. The summed E-state index contributed by atoms with van der Waals surface area (Å²) >= 11 is 0. The van der Waals surface area contributed by atoms with Gasteiger partial charge in [0, 0.05) is 0 Å². The van der Waals surface area contributed by atoms with Gasteiger partial charge >= 0.3 is 6.03 Å². The van der Waals surface area contributed by atoms with Crippen LogP contribution in [-0.2, 0) is 4.79 Å². The van der Waals surface area contributed by atoms with Gasteiger partial charge in [-0.05, 0) is 0 Å². The van der Waals surface area contributed by atoms with E-state index in [0.29, 0.717) is 5.01 Å². The molecule has 5 nitrogen and oxygen atoms in total. The van der Waals surface area contributed by atoms with E-state index in [0.717, 1.165) is 0 Å². The fraction of sp³-hybridized carbons (Fsp3) is 0.333. The van der Waals surface area contributed by atoms with Crippen LogP contribution in [0.5, 0.6) is 0 Å². The van der Waals surface area contributed by atoms with Crippen LogP contribution in [0, 0.1) is 0 Å². The van der Waals surface area contributed by atoms with Gasteiger partial charge in [-0.1, -0.05) is 0 Å². The van der Waals surface area contributed by atoms with E-state index in [-0.39, 0.29) is 11.9 Å². The summed E-state index contributed by atoms with van der Waals surface area (Å²) in [6, 6.07) is -0.778. The van der Waals surface area contributed by atoms with Crippen molar-refractivity contribution in [1.82, 2.24) is 10.3 Å². The van der Waals surface area contributed by atoms with Crippen LogP contribution in [0.25, 0.3) is 0 Å². The maximum atomic E-state index is 10.4. The standard InChI is InChI=1S/C3H5N3O2/c4-6-1-2(7)5-3(6)8/h1,4H2,(H,5,7,8)/i/hD. The lowest BCUT2D eigenvalue weighted by atomic mass is 10.7. The summed E-state index contributed by atoms with van der Waals surface area (Å²) in [5.74, 6) is 4.37. The summed E-state index contributed by atoms with van der Waals surface area (Å²) < 4.78 is 6.69. The molecule has 0 unspecified atom stereocenters. The molecular weight excluding hydrogens is 110 g/mol. The number of hydrogen-bond acceptors (Lipinski definition) is 3. The van der Waals surface area contributed by atoms with E-state index in [4.69, 9.17) is 7.25 Å². The first-order chi connectivity index (χ1) is 4.13. The smallest absolute Gasteiger partial charge is 0.275 e. The number of hydrogen-bond donors (Lipinski definition) is 2. The van der Waals surface area contributed by atoms with Crippen LogP contribution in [0.2, 0.25) is 1.41 Å². The Bertz CT molecular complexity index is 170. The van der Waals surface area contributed by atoms with Gasteiger partial charge in [0.25, 0.3) is 0 Å². The molecule has 0 radical (unpaired) electrons. The molecule has 1 fully saturated rings. The maximum Gasteiger partial charge on any atom is 0.338 e. The number of nitrogens with zero attached hydrogens (tertiary/aromatic N) is 1. The molecule has 0 saturated carbocycles. The van der Waals surface area contributed by atoms with Gasteiger partial charge in [-0.2, -0.15) is 0 Å². The molecule has 1 rings (SSSR count). The highest BCUT2D eigenvalue weighted by atomic mass is 16.2. The second-order valence-corrected chi connectivity index (χ2v) is 1.42. The number of nitrogens with one attached hydrogen (secondary N) is 1. The second kappa shape index (κ2) is 1.45. The Hall–Kier alpha value is -1.10. The van der Waals surface area contributed by atoms with E-state index >= 15 is 0 Å². The van der Waals surface area contributed by atoms with E-state index in [1.54, 1.807) is 0 Å². The van der Waals surface area contributed by atoms with Crippen molar-refractivity contribution in [2.24, 2.45) is 5.84 Å². The van der Waals surface area contributed by atoms with E-state index in [1.165, 1.54) is 0 Å². The minimum atomic E-state index is -0.778. The molecule has 0 spiro atoms. The van der Waals surface area contributed by atoms with Gasteiger partial charge in [-0.25, -0.2) is 10.6 Å². The fourth-order valence-corrected chi connectivity index (χ4v) is 0.420. The highest BCUT2D eigenvalue weighted by Gasteiger charge is 2.22. The van der Waals surface area contributed by atoms with Crippen molar-refractivity contribution in [2.75, 3.05) is 6.54 Å². The summed E-state index contributed by atoms with van der Waals surface area (Å²) in [6.45, 7) is -0.192. The van der Waals surface area contributed by atoms with Gasteiger partial charge in [0.2, 0.25) is 5.91 Å². The molecule has 3 amide bonds. The van der Waals surface area contributed by atoms with Crippen LogP contribution >= 0.6 is 0 Å². The van der Waals surface area contributed by atoms with Crippen LogP contribution in [0.4, 0.5) is 4.79 Å². The van der Waals surface area contributed by atoms with Crippen molar-refractivity contribution >= 4 is 11.9 Å². The molecule has 44 valence electrons. The highest BCUT2D eigenvalue weighted by molar-refractivity contribution is 6.01. The summed E-state index contributed by atoms with van der Waals surface area (Å²) in [6.07, 6.45) is 0. The largest absolute Gasteiger partial charge is 0.338 e. The van der Waals surface area contributed by atoms with E-state index in [1.807, 2.05) is 0 Å². The van der Waals surface area contributed by atoms with Crippen molar-refractivity contribution in [3.8, 4) is 0 Å². The summed E-state index contributed by atoms with van der Waals surface area (Å²) in [7, 11) is 0. The molecule has 1 saturated heterocycles. The lowest BCUT2D eigenvalue weighted by Crippen LogP contribution is -2.34. The number of carbonyl (C=O) groups is 2. The van der Waals surface area contributed by atoms with Gasteiger partial charge < -0.3 is 0 Å². The predicted octanol–water partition coefficient (Wildman–Crippen LogP) is -1.59. The van der Waals surface area contributed by atoms with E-state index in [2.05, 4.69) is 0 Å². The van der Waals surface area contributed by atoms with Gasteiger partial charge in [0.15, 0.2) is 1.41 Å². The van der Waals surface area contributed by atoms with Gasteiger partial charge in [-0.3, -0.25) is 15.1 Å². The first kappa shape index (κ1) is 3.85. The van der Waals surface area contributed by atoms with Crippen molar-refractivity contribution < 1.29 is 11.0 Å². The van der Waals surface area contributed by atoms with Crippen LogP contribution in [-0.4, -0.2) is 23.5 Å². The number of nitrogens with two attached hydrogens (primary N) is 1. The number of carbonyl (C=O) groups excluding carboxylic acids is 2. The van der Waals surface area contributed by atoms with Crippen molar-refractivity contribution in [3.05, 3.63) is 0 Å². The first-order valence-electron chi connectivity index (χ1n) is 2.45. The number of amides is 3. The van der Waals surface area contributed by atoms with Crippen LogP contribution in [0.15, 0.2) is 0 Å².